The van der Waals surface area contributed by atoms with E-state index in [4.69, 9.17) is 7.45 Å². The molecule has 0 aromatic rings. The molecule has 11 heavy (non-hydrogen) atoms. The van der Waals surface area contributed by atoms with Crippen molar-refractivity contribution in [1.82, 2.24) is 3.82 Å². The Morgan fingerprint density at radius 3 is 2.00 bits per heavy atom. The van der Waals surface area contributed by atoms with Crippen LogP contribution in [0.4, 0.5) is 0 Å². The fourth-order valence-corrected chi connectivity index (χ4v) is 3.83. The second kappa shape index (κ2) is 3.44. The molecule has 0 radical (unpaired) electrons. The normalized spacial score (nSPS) is 25.9. The summed E-state index contributed by atoms with van der Waals surface area (Å²) >= 11 is -1.51. The van der Waals surface area contributed by atoms with Crippen molar-refractivity contribution < 1.29 is 7.45 Å². The SMILES string of the molecule is CN(C)[As]1OCC(C)(C)CO1. The Kier molecular flexibility index (Phi) is 2.98. The first-order chi connectivity index (χ1) is 5.01. The molecule has 66 valence electrons. The Morgan fingerprint density at radius 1 is 1.18 bits per heavy atom. The fraction of sp³-hybridized carbons (Fsp3) is 1.00. The van der Waals surface area contributed by atoms with E-state index in [1.54, 1.807) is 0 Å². The van der Waals surface area contributed by atoms with Gasteiger partial charge in [-0.2, -0.15) is 0 Å². The molecule has 0 saturated carbocycles. The Balaban J connectivity index is 2.36. The third-order valence-corrected chi connectivity index (χ3v) is 4.30. The average molecular weight is 221 g/mol. The first-order valence-electron chi connectivity index (χ1n) is 3.74. The summed E-state index contributed by atoms with van der Waals surface area (Å²) in [6.07, 6.45) is 0. The Bertz CT molecular complexity index is 128. The summed E-state index contributed by atoms with van der Waals surface area (Å²) in [5.41, 5.74) is 0.210. The van der Waals surface area contributed by atoms with Crippen molar-refractivity contribution in [1.29, 1.82) is 0 Å². The van der Waals surface area contributed by atoms with Gasteiger partial charge in [-0.05, 0) is 0 Å². The number of hydrogen-bond donors (Lipinski definition) is 0. The van der Waals surface area contributed by atoms with E-state index in [1.807, 2.05) is 14.1 Å². The van der Waals surface area contributed by atoms with Crippen LogP contribution >= 0.6 is 0 Å². The van der Waals surface area contributed by atoms with Gasteiger partial charge >= 0.3 is 73.4 Å². The van der Waals surface area contributed by atoms with Gasteiger partial charge in [0.1, 0.15) is 0 Å². The van der Waals surface area contributed by atoms with Crippen LogP contribution < -0.4 is 0 Å². The molecule has 0 N–H and O–H groups in total. The molecule has 0 aromatic heterocycles. The van der Waals surface area contributed by atoms with Crippen molar-refractivity contribution in [2.24, 2.45) is 5.41 Å². The van der Waals surface area contributed by atoms with Crippen molar-refractivity contribution in [2.75, 3.05) is 27.3 Å². The summed E-state index contributed by atoms with van der Waals surface area (Å²) in [5, 5.41) is 0. The van der Waals surface area contributed by atoms with Crippen molar-refractivity contribution in [3.63, 3.8) is 0 Å². The molecule has 4 heteroatoms. The van der Waals surface area contributed by atoms with Crippen molar-refractivity contribution in [2.45, 2.75) is 13.8 Å². The summed E-state index contributed by atoms with van der Waals surface area (Å²) in [5.74, 6) is 0. The molecule has 3 nitrogen and oxygen atoms in total. The van der Waals surface area contributed by atoms with Gasteiger partial charge in [0.15, 0.2) is 0 Å². The van der Waals surface area contributed by atoms with Crippen LogP contribution in [0.15, 0.2) is 0 Å². The van der Waals surface area contributed by atoms with Gasteiger partial charge in [0, 0.05) is 0 Å². The van der Waals surface area contributed by atoms with E-state index in [0.717, 1.165) is 13.2 Å². The second-order valence-corrected chi connectivity index (χ2v) is 7.56. The monoisotopic (exact) mass is 221 g/mol. The van der Waals surface area contributed by atoms with Crippen LogP contribution in [0.1, 0.15) is 13.8 Å². The van der Waals surface area contributed by atoms with Crippen molar-refractivity contribution >= 4 is 15.6 Å². The van der Waals surface area contributed by atoms with Gasteiger partial charge < -0.3 is 0 Å². The fourth-order valence-electron chi connectivity index (χ4n) is 0.770. The van der Waals surface area contributed by atoms with Crippen LogP contribution in [0.3, 0.4) is 0 Å². The summed E-state index contributed by atoms with van der Waals surface area (Å²) < 4.78 is 13.3. The third-order valence-electron chi connectivity index (χ3n) is 1.46. The van der Waals surface area contributed by atoms with E-state index in [0.29, 0.717) is 0 Å². The molecule has 0 bridgehead atoms. The van der Waals surface area contributed by atoms with Gasteiger partial charge in [-0.25, -0.2) is 0 Å². The minimum absolute atomic E-state index is 0.210. The Labute approximate surface area is 73.9 Å². The van der Waals surface area contributed by atoms with Crippen LogP contribution in [-0.2, 0) is 7.45 Å². The zero-order valence-corrected chi connectivity index (χ0v) is 9.50. The molecule has 1 saturated heterocycles. The zero-order chi connectivity index (χ0) is 8.48. The summed E-state index contributed by atoms with van der Waals surface area (Å²) in [4.78, 5) is 0. The molecule has 1 heterocycles. The summed E-state index contributed by atoms with van der Waals surface area (Å²) in [7, 11) is 4.02. The molecule has 1 aliphatic rings. The predicted molar refractivity (Wildman–Crippen MR) is 45.1 cm³/mol. The van der Waals surface area contributed by atoms with E-state index in [9.17, 15) is 0 Å². The molecule has 0 unspecified atom stereocenters. The number of rotatable bonds is 1. The van der Waals surface area contributed by atoms with E-state index in [2.05, 4.69) is 17.7 Å². The maximum atomic E-state index is 5.60. The molecule has 0 aliphatic carbocycles. The molecule has 1 rings (SSSR count). The van der Waals surface area contributed by atoms with Crippen molar-refractivity contribution in [3.8, 4) is 0 Å². The Hall–Kier alpha value is 0.438. The molecule has 1 fully saturated rings. The minimum atomic E-state index is -1.51. The second-order valence-electron chi connectivity index (χ2n) is 3.80. The summed E-state index contributed by atoms with van der Waals surface area (Å²) in [6, 6.07) is 0. The molecule has 0 aromatic carbocycles. The van der Waals surface area contributed by atoms with Gasteiger partial charge in [0.2, 0.25) is 0 Å². The van der Waals surface area contributed by atoms with E-state index < -0.39 is 15.6 Å². The van der Waals surface area contributed by atoms with Crippen LogP contribution in [0, 0.1) is 5.41 Å². The molecule has 0 amide bonds. The molecule has 1 aliphatic heterocycles. The number of hydrogen-bond acceptors (Lipinski definition) is 3. The molecule has 0 atom stereocenters. The van der Waals surface area contributed by atoms with Gasteiger partial charge in [-0.3, -0.25) is 0 Å². The van der Waals surface area contributed by atoms with Crippen LogP contribution in [0.5, 0.6) is 0 Å². The van der Waals surface area contributed by atoms with Crippen LogP contribution in [0.2, 0.25) is 0 Å². The quantitative estimate of drug-likeness (QED) is 0.605. The van der Waals surface area contributed by atoms with E-state index >= 15 is 0 Å². The van der Waals surface area contributed by atoms with E-state index in [-0.39, 0.29) is 5.41 Å². The maximum absolute atomic E-state index is 5.60. The first-order valence-corrected chi connectivity index (χ1v) is 6.12. The van der Waals surface area contributed by atoms with Crippen LogP contribution in [-0.4, -0.2) is 46.7 Å². The van der Waals surface area contributed by atoms with Gasteiger partial charge in [-0.15, -0.1) is 0 Å². The topological polar surface area (TPSA) is 21.7 Å². The van der Waals surface area contributed by atoms with Crippen molar-refractivity contribution in [3.05, 3.63) is 0 Å². The molecular formula is C7H16AsNO2. The van der Waals surface area contributed by atoms with Crippen LogP contribution in [0.25, 0.3) is 0 Å². The Morgan fingerprint density at radius 2 is 1.64 bits per heavy atom. The van der Waals surface area contributed by atoms with E-state index in [1.165, 1.54) is 0 Å². The standard InChI is InChI=1S/C7H16AsNO2/c1-7(2)5-10-8(9(3)4)11-6-7/h5-6H2,1-4H3. The van der Waals surface area contributed by atoms with Gasteiger partial charge in [0.25, 0.3) is 0 Å². The van der Waals surface area contributed by atoms with Gasteiger partial charge in [-0.1, -0.05) is 0 Å². The number of nitrogens with zero attached hydrogens (tertiary/aromatic N) is 1. The predicted octanol–water partition coefficient (Wildman–Crippen LogP) is 0.606. The summed E-state index contributed by atoms with van der Waals surface area (Å²) in [6.45, 7) is 6.00. The first kappa shape index (κ1) is 9.53. The zero-order valence-electron chi connectivity index (χ0n) is 7.63. The third kappa shape index (κ3) is 2.75. The van der Waals surface area contributed by atoms with Gasteiger partial charge in [0.05, 0.1) is 0 Å². The molecule has 0 spiro atoms. The molecular weight excluding hydrogens is 205 g/mol. The average Bonchev–Trinajstić information content (AvgIpc) is 1.86.